The Hall–Kier alpha value is -1.39. The lowest BCUT2D eigenvalue weighted by Gasteiger charge is -2.20. The van der Waals surface area contributed by atoms with E-state index in [1.165, 1.54) is 37.9 Å². The van der Waals surface area contributed by atoms with Crippen molar-refractivity contribution in [2.45, 2.75) is 44.1 Å². The molecule has 108 valence electrons. The fourth-order valence-electron chi connectivity index (χ4n) is 3.30. The first-order chi connectivity index (χ1) is 9.70. The molecule has 3 rings (SSSR count). The molecule has 0 aliphatic heterocycles. The van der Waals surface area contributed by atoms with Crippen LogP contribution in [0.2, 0.25) is 0 Å². The van der Waals surface area contributed by atoms with Crippen LogP contribution in [0.5, 0.6) is 0 Å². The predicted molar refractivity (Wildman–Crippen MR) is 80.6 cm³/mol. The summed E-state index contributed by atoms with van der Waals surface area (Å²) in [6, 6.07) is 5.97. The zero-order valence-electron chi connectivity index (χ0n) is 12.0. The van der Waals surface area contributed by atoms with Crippen LogP contribution in [0.1, 0.15) is 55.5 Å². The van der Waals surface area contributed by atoms with Crippen LogP contribution in [-0.2, 0) is 7.05 Å². The third-order valence-corrected chi connectivity index (χ3v) is 4.52. The van der Waals surface area contributed by atoms with Crippen molar-refractivity contribution < 1.29 is 5.11 Å². The average molecular weight is 273 g/mol. The largest absolute Gasteiger partial charge is 0.387 e. The van der Waals surface area contributed by atoms with Crippen molar-refractivity contribution in [1.82, 2.24) is 9.55 Å². The second-order valence-corrected chi connectivity index (χ2v) is 5.86. The summed E-state index contributed by atoms with van der Waals surface area (Å²) in [6.45, 7) is 0.244. The molecule has 3 N–H and O–H groups in total. The minimum Gasteiger partial charge on any atom is -0.387 e. The highest BCUT2D eigenvalue weighted by molar-refractivity contribution is 5.77. The van der Waals surface area contributed by atoms with E-state index in [0.29, 0.717) is 5.92 Å². The first-order valence-corrected chi connectivity index (χ1v) is 7.55. The maximum atomic E-state index is 9.85. The molecule has 1 unspecified atom stereocenters. The number of nitrogens with two attached hydrogens (primary N) is 1. The van der Waals surface area contributed by atoms with E-state index >= 15 is 0 Å². The van der Waals surface area contributed by atoms with Crippen molar-refractivity contribution in [3.8, 4) is 0 Å². The lowest BCUT2D eigenvalue weighted by Crippen LogP contribution is -2.11. The number of benzene rings is 1. The lowest BCUT2D eigenvalue weighted by molar-refractivity contribution is 0.187. The minimum absolute atomic E-state index is 0.244. The summed E-state index contributed by atoms with van der Waals surface area (Å²) in [6.07, 6.45) is 5.87. The Bertz CT molecular complexity index is 599. The van der Waals surface area contributed by atoms with Gasteiger partial charge in [0.25, 0.3) is 0 Å². The van der Waals surface area contributed by atoms with Crippen LogP contribution in [0.3, 0.4) is 0 Å². The average Bonchev–Trinajstić information content (AvgIpc) is 2.84. The molecule has 1 atom stereocenters. The summed E-state index contributed by atoms with van der Waals surface area (Å²) in [7, 11) is 2.10. The van der Waals surface area contributed by atoms with Gasteiger partial charge >= 0.3 is 0 Å². The van der Waals surface area contributed by atoms with E-state index in [2.05, 4.69) is 11.6 Å². The quantitative estimate of drug-likeness (QED) is 0.903. The van der Waals surface area contributed by atoms with Gasteiger partial charge in [0.05, 0.1) is 17.1 Å². The number of fused-ring (bicyclic) bond motifs is 1. The Morgan fingerprint density at radius 3 is 2.80 bits per heavy atom. The molecule has 0 amide bonds. The Kier molecular flexibility index (Phi) is 3.76. The topological polar surface area (TPSA) is 64.1 Å². The van der Waals surface area contributed by atoms with Gasteiger partial charge in [0, 0.05) is 19.5 Å². The van der Waals surface area contributed by atoms with Crippen molar-refractivity contribution in [3.05, 3.63) is 29.6 Å². The number of hydrogen-bond acceptors (Lipinski definition) is 3. The van der Waals surface area contributed by atoms with Crippen LogP contribution in [0.4, 0.5) is 0 Å². The number of aliphatic hydroxyl groups is 1. The third kappa shape index (κ3) is 2.34. The molecular weight excluding hydrogens is 250 g/mol. The van der Waals surface area contributed by atoms with Gasteiger partial charge in [-0.3, -0.25) is 0 Å². The highest BCUT2D eigenvalue weighted by Gasteiger charge is 2.21. The summed E-state index contributed by atoms with van der Waals surface area (Å²) in [4.78, 5) is 4.82. The normalized spacial score (nSPS) is 18.6. The van der Waals surface area contributed by atoms with Crippen molar-refractivity contribution in [2.24, 2.45) is 12.8 Å². The monoisotopic (exact) mass is 273 g/mol. The summed E-state index contributed by atoms with van der Waals surface area (Å²) < 4.78 is 2.21. The van der Waals surface area contributed by atoms with E-state index in [1.54, 1.807) is 0 Å². The predicted octanol–water partition coefficient (Wildman–Crippen LogP) is 2.61. The van der Waals surface area contributed by atoms with Crippen LogP contribution < -0.4 is 5.73 Å². The number of nitrogens with zero attached hydrogens (tertiary/aromatic N) is 2. The number of aromatic nitrogens is 2. The summed E-state index contributed by atoms with van der Waals surface area (Å²) in [5.41, 5.74) is 8.49. The van der Waals surface area contributed by atoms with E-state index in [9.17, 15) is 5.11 Å². The highest BCUT2D eigenvalue weighted by Crippen LogP contribution is 2.33. The SMILES string of the molecule is Cn1c(C2CCCCC2)nc2cc(C(O)CN)ccc21. The van der Waals surface area contributed by atoms with Gasteiger partial charge in [0.1, 0.15) is 5.82 Å². The van der Waals surface area contributed by atoms with Gasteiger partial charge in [-0.2, -0.15) is 0 Å². The molecule has 0 bridgehead atoms. The maximum absolute atomic E-state index is 9.85. The molecule has 1 fully saturated rings. The molecule has 4 nitrogen and oxygen atoms in total. The molecular formula is C16H23N3O. The molecule has 1 aliphatic rings. The standard InChI is InChI=1S/C16H23N3O/c1-19-14-8-7-12(15(20)10-17)9-13(14)18-16(19)11-5-3-2-4-6-11/h7-9,11,15,20H,2-6,10,17H2,1H3. The zero-order valence-corrected chi connectivity index (χ0v) is 12.0. The van der Waals surface area contributed by atoms with E-state index in [1.807, 2.05) is 18.2 Å². The smallest absolute Gasteiger partial charge is 0.112 e. The van der Waals surface area contributed by atoms with Crippen LogP contribution in [0.15, 0.2) is 18.2 Å². The summed E-state index contributed by atoms with van der Waals surface area (Å²) in [5, 5.41) is 9.85. The summed E-state index contributed by atoms with van der Waals surface area (Å²) in [5.74, 6) is 1.78. The molecule has 1 saturated carbocycles. The van der Waals surface area contributed by atoms with Crippen LogP contribution in [0.25, 0.3) is 11.0 Å². The second-order valence-electron chi connectivity index (χ2n) is 5.86. The third-order valence-electron chi connectivity index (χ3n) is 4.52. The Labute approximate surface area is 119 Å². The fraction of sp³-hybridized carbons (Fsp3) is 0.562. The molecule has 20 heavy (non-hydrogen) atoms. The highest BCUT2D eigenvalue weighted by atomic mass is 16.3. The molecule has 2 aromatic rings. The lowest BCUT2D eigenvalue weighted by atomic mass is 9.89. The molecule has 1 aromatic carbocycles. The van der Waals surface area contributed by atoms with Crippen molar-refractivity contribution in [2.75, 3.05) is 6.54 Å². The zero-order chi connectivity index (χ0) is 14.1. The van der Waals surface area contributed by atoms with E-state index in [-0.39, 0.29) is 6.54 Å². The van der Waals surface area contributed by atoms with Crippen LogP contribution in [-0.4, -0.2) is 21.2 Å². The fourth-order valence-corrected chi connectivity index (χ4v) is 3.30. The molecule has 1 aromatic heterocycles. The number of hydrogen-bond donors (Lipinski definition) is 2. The van der Waals surface area contributed by atoms with E-state index in [0.717, 1.165) is 16.6 Å². The first kappa shape index (κ1) is 13.6. The Morgan fingerprint density at radius 1 is 1.35 bits per heavy atom. The van der Waals surface area contributed by atoms with E-state index < -0.39 is 6.10 Å². The van der Waals surface area contributed by atoms with Crippen LogP contribution >= 0.6 is 0 Å². The number of imidazole rings is 1. The molecule has 0 radical (unpaired) electrons. The first-order valence-electron chi connectivity index (χ1n) is 7.55. The van der Waals surface area contributed by atoms with Gasteiger partial charge in [0.2, 0.25) is 0 Å². The van der Waals surface area contributed by atoms with Gasteiger partial charge in [-0.25, -0.2) is 4.98 Å². The van der Waals surface area contributed by atoms with Crippen molar-refractivity contribution >= 4 is 11.0 Å². The number of aliphatic hydroxyl groups excluding tert-OH is 1. The maximum Gasteiger partial charge on any atom is 0.112 e. The van der Waals surface area contributed by atoms with Crippen LogP contribution in [0, 0.1) is 0 Å². The number of rotatable bonds is 3. The van der Waals surface area contributed by atoms with Crippen molar-refractivity contribution in [1.29, 1.82) is 0 Å². The van der Waals surface area contributed by atoms with Gasteiger partial charge < -0.3 is 15.4 Å². The Morgan fingerprint density at radius 2 is 2.10 bits per heavy atom. The Balaban J connectivity index is 2.00. The summed E-state index contributed by atoms with van der Waals surface area (Å²) >= 11 is 0. The molecule has 1 aliphatic carbocycles. The minimum atomic E-state index is -0.598. The van der Waals surface area contributed by atoms with Gasteiger partial charge in [-0.15, -0.1) is 0 Å². The molecule has 0 saturated heterocycles. The molecule has 0 spiro atoms. The van der Waals surface area contributed by atoms with E-state index in [4.69, 9.17) is 10.7 Å². The van der Waals surface area contributed by atoms with Crippen molar-refractivity contribution in [3.63, 3.8) is 0 Å². The van der Waals surface area contributed by atoms with Gasteiger partial charge in [-0.1, -0.05) is 25.3 Å². The van der Waals surface area contributed by atoms with Gasteiger partial charge in [0.15, 0.2) is 0 Å². The van der Waals surface area contributed by atoms with Gasteiger partial charge in [-0.05, 0) is 30.5 Å². The number of aryl methyl sites for hydroxylation is 1. The molecule has 4 heteroatoms. The second kappa shape index (κ2) is 5.54. The molecule has 1 heterocycles.